The zero-order valence-corrected chi connectivity index (χ0v) is 14.5. The highest BCUT2D eigenvalue weighted by Crippen LogP contribution is 2.16. The molecule has 3 heteroatoms. The molecule has 0 heterocycles. The van der Waals surface area contributed by atoms with E-state index in [1.807, 2.05) is 24.3 Å². The molecule has 0 atom stereocenters. The number of carbonyl (C=O) groups is 1. The number of carboxylic acids is 1. The lowest BCUT2D eigenvalue weighted by atomic mass is 10.0. The van der Waals surface area contributed by atoms with Gasteiger partial charge in [0.05, 0.1) is 0 Å². The van der Waals surface area contributed by atoms with Crippen molar-refractivity contribution < 1.29 is 14.6 Å². The fourth-order valence-corrected chi connectivity index (χ4v) is 2.61. The number of hydrogen-bond donors (Lipinski definition) is 1. The average Bonchev–Trinajstić information content (AvgIpc) is 2.54. The van der Waals surface area contributed by atoms with Crippen LogP contribution in [0.3, 0.4) is 0 Å². The number of ether oxygens (including phenoxy) is 1. The van der Waals surface area contributed by atoms with E-state index in [2.05, 4.69) is 38.1 Å². The van der Waals surface area contributed by atoms with Crippen LogP contribution in [0.25, 0.3) is 0 Å². The molecule has 1 N–H and O–H groups in total. The Balaban J connectivity index is 1.80. The highest BCUT2D eigenvalue weighted by atomic mass is 16.5. The van der Waals surface area contributed by atoms with E-state index in [0.29, 0.717) is 18.9 Å². The van der Waals surface area contributed by atoms with Crippen LogP contribution in [0.15, 0.2) is 48.5 Å². The van der Waals surface area contributed by atoms with Gasteiger partial charge in [0.1, 0.15) is 12.4 Å². The Kier molecular flexibility index (Phi) is 6.86. The van der Waals surface area contributed by atoms with E-state index in [-0.39, 0.29) is 6.42 Å². The molecule has 2 rings (SSSR count). The molecule has 0 bridgehead atoms. The summed E-state index contributed by atoms with van der Waals surface area (Å²) in [6, 6.07) is 16.5. The first kappa shape index (κ1) is 18.1. The van der Waals surface area contributed by atoms with Crippen molar-refractivity contribution in [1.29, 1.82) is 0 Å². The van der Waals surface area contributed by atoms with Gasteiger partial charge in [0.2, 0.25) is 0 Å². The number of hydrogen-bond acceptors (Lipinski definition) is 2. The summed E-state index contributed by atoms with van der Waals surface area (Å²) < 4.78 is 5.82. The van der Waals surface area contributed by atoms with Crippen molar-refractivity contribution in [2.45, 2.75) is 46.1 Å². The molecule has 0 aromatic heterocycles. The van der Waals surface area contributed by atoms with Crippen molar-refractivity contribution in [3.63, 3.8) is 0 Å². The number of aryl methyl sites for hydroxylation is 1. The van der Waals surface area contributed by atoms with Gasteiger partial charge in [-0.3, -0.25) is 4.79 Å². The second kappa shape index (κ2) is 9.11. The second-order valence-corrected chi connectivity index (χ2v) is 6.59. The van der Waals surface area contributed by atoms with Gasteiger partial charge in [-0.2, -0.15) is 0 Å². The molecule has 0 spiro atoms. The van der Waals surface area contributed by atoms with Gasteiger partial charge >= 0.3 is 5.97 Å². The zero-order valence-electron chi connectivity index (χ0n) is 14.5. The van der Waals surface area contributed by atoms with Crippen LogP contribution < -0.4 is 4.74 Å². The fraction of sp³-hybridized carbons (Fsp3) is 0.381. The number of aliphatic carboxylic acids is 1. The Labute approximate surface area is 144 Å². The van der Waals surface area contributed by atoms with Crippen molar-refractivity contribution in [2.24, 2.45) is 5.92 Å². The van der Waals surface area contributed by atoms with Gasteiger partial charge in [-0.05, 0) is 54.0 Å². The monoisotopic (exact) mass is 326 g/mol. The number of carboxylic acid groups (broad SMARTS) is 1. The molecule has 0 saturated carbocycles. The Morgan fingerprint density at radius 1 is 0.958 bits per heavy atom. The number of benzene rings is 2. The normalized spacial score (nSPS) is 10.8. The predicted molar refractivity (Wildman–Crippen MR) is 96.3 cm³/mol. The lowest BCUT2D eigenvalue weighted by molar-refractivity contribution is -0.137. The minimum Gasteiger partial charge on any atom is -0.489 e. The molecule has 0 radical (unpaired) electrons. The molecule has 0 aliphatic heterocycles. The summed E-state index contributed by atoms with van der Waals surface area (Å²) in [6.45, 7) is 5.00. The molecule has 0 fully saturated rings. The van der Waals surface area contributed by atoms with Gasteiger partial charge in [0, 0.05) is 6.42 Å². The van der Waals surface area contributed by atoms with Crippen molar-refractivity contribution in [3.8, 4) is 5.75 Å². The minimum atomic E-state index is -0.741. The highest BCUT2D eigenvalue weighted by molar-refractivity contribution is 5.66. The smallest absolute Gasteiger partial charge is 0.303 e. The summed E-state index contributed by atoms with van der Waals surface area (Å²) in [5, 5.41) is 8.65. The lowest BCUT2D eigenvalue weighted by Gasteiger charge is -2.09. The van der Waals surface area contributed by atoms with Crippen LogP contribution in [0, 0.1) is 5.92 Å². The van der Waals surface area contributed by atoms with Crippen LogP contribution in [0.4, 0.5) is 0 Å². The Hall–Kier alpha value is -2.29. The van der Waals surface area contributed by atoms with E-state index in [0.717, 1.165) is 29.7 Å². The first-order valence-corrected chi connectivity index (χ1v) is 8.54. The van der Waals surface area contributed by atoms with Gasteiger partial charge in [0.15, 0.2) is 0 Å². The standard InChI is InChI=1S/C21H26O3/c1-16(2)14-18-6-8-19(9-7-18)15-24-20-12-10-17(11-13-20)4-3-5-21(22)23/h6-13,16H,3-5,14-15H2,1-2H3,(H,22,23). The summed E-state index contributed by atoms with van der Waals surface area (Å²) in [5.74, 6) is 0.763. The van der Waals surface area contributed by atoms with E-state index >= 15 is 0 Å². The van der Waals surface area contributed by atoms with Gasteiger partial charge in [-0.1, -0.05) is 50.2 Å². The Morgan fingerprint density at radius 3 is 2.12 bits per heavy atom. The Morgan fingerprint density at radius 2 is 1.54 bits per heavy atom. The van der Waals surface area contributed by atoms with Gasteiger partial charge < -0.3 is 9.84 Å². The van der Waals surface area contributed by atoms with Crippen LogP contribution >= 0.6 is 0 Å². The summed E-state index contributed by atoms with van der Waals surface area (Å²) in [6.07, 6.45) is 2.76. The van der Waals surface area contributed by atoms with Crippen LogP contribution in [-0.2, 0) is 24.2 Å². The molecular formula is C21H26O3. The molecule has 128 valence electrons. The third-order valence-electron chi connectivity index (χ3n) is 3.85. The Bertz CT molecular complexity index is 627. The van der Waals surface area contributed by atoms with Crippen LogP contribution in [0.1, 0.15) is 43.4 Å². The fourth-order valence-electron chi connectivity index (χ4n) is 2.61. The van der Waals surface area contributed by atoms with Crippen molar-refractivity contribution in [2.75, 3.05) is 0 Å². The van der Waals surface area contributed by atoms with E-state index in [4.69, 9.17) is 9.84 Å². The summed E-state index contributed by atoms with van der Waals surface area (Å²) in [7, 11) is 0. The van der Waals surface area contributed by atoms with Gasteiger partial charge in [0.25, 0.3) is 0 Å². The molecule has 0 unspecified atom stereocenters. The molecular weight excluding hydrogens is 300 g/mol. The topological polar surface area (TPSA) is 46.5 Å². The van der Waals surface area contributed by atoms with E-state index in [1.165, 1.54) is 5.56 Å². The predicted octanol–water partition coefficient (Wildman–Crippen LogP) is 4.87. The maximum atomic E-state index is 10.5. The van der Waals surface area contributed by atoms with Crippen LogP contribution in [0.5, 0.6) is 5.75 Å². The van der Waals surface area contributed by atoms with Crippen LogP contribution in [0.2, 0.25) is 0 Å². The van der Waals surface area contributed by atoms with E-state index in [9.17, 15) is 4.79 Å². The maximum absolute atomic E-state index is 10.5. The molecule has 0 aliphatic carbocycles. The third-order valence-corrected chi connectivity index (χ3v) is 3.85. The van der Waals surface area contributed by atoms with Crippen molar-refractivity contribution in [3.05, 3.63) is 65.2 Å². The van der Waals surface area contributed by atoms with E-state index in [1.54, 1.807) is 0 Å². The zero-order chi connectivity index (χ0) is 17.4. The van der Waals surface area contributed by atoms with Crippen LogP contribution in [-0.4, -0.2) is 11.1 Å². The number of rotatable bonds is 9. The summed E-state index contributed by atoms with van der Waals surface area (Å²) >= 11 is 0. The van der Waals surface area contributed by atoms with Gasteiger partial charge in [-0.15, -0.1) is 0 Å². The summed E-state index contributed by atoms with van der Waals surface area (Å²) in [4.78, 5) is 10.5. The molecule has 24 heavy (non-hydrogen) atoms. The molecule has 0 amide bonds. The molecule has 0 saturated heterocycles. The van der Waals surface area contributed by atoms with Gasteiger partial charge in [-0.25, -0.2) is 0 Å². The SMILES string of the molecule is CC(C)Cc1ccc(COc2ccc(CCCC(=O)O)cc2)cc1. The maximum Gasteiger partial charge on any atom is 0.303 e. The average molecular weight is 326 g/mol. The summed E-state index contributed by atoms with van der Waals surface area (Å²) in [5.41, 5.74) is 3.66. The quantitative estimate of drug-likeness (QED) is 0.715. The first-order chi connectivity index (χ1) is 11.5. The van der Waals surface area contributed by atoms with E-state index < -0.39 is 5.97 Å². The minimum absolute atomic E-state index is 0.213. The van der Waals surface area contributed by atoms with Crippen molar-refractivity contribution in [1.82, 2.24) is 0 Å². The second-order valence-electron chi connectivity index (χ2n) is 6.59. The molecule has 2 aromatic rings. The molecule has 0 aliphatic rings. The first-order valence-electron chi connectivity index (χ1n) is 8.54. The largest absolute Gasteiger partial charge is 0.489 e. The lowest BCUT2D eigenvalue weighted by Crippen LogP contribution is -1.98. The molecule has 3 nitrogen and oxygen atoms in total. The third kappa shape index (κ3) is 6.45. The highest BCUT2D eigenvalue weighted by Gasteiger charge is 2.01. The molecule has 2 aromatic carbocycles. The van der Waals surface area contributed by atoms with Crippen molar-refractivity contribution >= 4 is 5.97 Å².